The van der Waals surface area contributed by atoms with E-state index in [0.29, 0.717) is 94.5 Å². The highest BCUT2D eigenvalue weighted by molar-refractivity contribution is 6.07. The molecule has 50 heavy (non-hydrogen) atoms. The second kappa shape index (κ2) is 13.2. The molecular weight excluding hydrogens is 632 g/mol. The van der Waals surface area contributed by atoms with Gasteiger partial charge >= 0.3 is 0 Å². The second-order valence-electron chi connectivity index (χ2n) is 12.5. The van der Waals surface area contributed by atoms with Crippen LogP contribution in [0.25, 0.3) is 44.5 Å². The van der Waals surface area contributed by atoms with Gasteiger partial charge < -0.3 is 28.3 Å². The maximum Gasteiger partial charge on any atom is 0.258 e. The van der Waals surface area contributed by atoms with Gasteiger partial charge in [-0.3, -0.25) is 9.78 Å². The third kappa shape index (κ3) is 5.45. The highest BCUT2D eigenvalue weighted by atomic mass is 16.5. The minimum Gasteiger partial charge on any atom is -0.495 e. The number of furan rings is 1. The number of pyridine rings is 1. The first-order valence-electron chi connectivity index (χ1n) is 16.5. The zero-order valence-corrected chi connectivity index (χ0v) is 27.3. The number of ether oxygens (including phenoxy) is 4. The van der Waals surface area contributed by atoms with Crippen LogP contribution in [0.4, 0.5) is 0 Å². The Kier molecular flexibility index (Phi) is 8.25. The van der Waals surface area contributed by atoms with E-state index >= 15 is 0 Å². The molecule has 8 rings (SSSR count). The Hall–Kier alpha value is -5.94. The first-order chi connectivity index (χ1) is 24.6. The number of methoxy groups -OCH3 is 1. The molecule has 0 spiro atoms. The SMILES string of the molecule is COc1c(C#N)ccc(-c2ccccc2C(=O)N2C=C3COCC3C2)c1-c1coc2c(-c3ccc(OC4CCOCC4)c(C#N)c3)ccnc12. The van der Waals surface area contributed by atoms with Crippen LogP contribution in [-0.4, -0.2) is 62.0 Å². The van der Waals surface area contributed by atoms with E-state index in [0.717, 1.165) is 29.5 Å². The van der Waals surface area contributed by atoms with Gasteiger partial charge in [-0.1, -0.05) is 30.3 Å². The van der Waals surface area contributed by atoms with Crippen molar-refractivity contribution in [3.63, 3.8) is 0 Å². The molecule has 0 radical (unpaired) electrons. The topological polar surface area (TPSA) is 131 Å². The number of hydrogen-bond acceptors (Lipinski definition) is 9. The van der Waals surface area contributed by atoms with Crippen molar-refractivity contribution < 1.29 is 28.2 Å². The summed E-state index contributed by atoms with van der Waals surface area (Å²) in [7, 11) is 1.52. The summed E-state index contributed by atoms with van der Waals surface area (Å²) >= 11 is 0. The number of carbonyl (C=O) groups is 1. The quantitative estimate of drug-likeness (QED) is 0.178. The smallest absolute Gasteiger partial charge is 0.258 e. The third-order valence-electron chi connectivity index (χ3n) is 9.64. The van der Waals surface area contributed by atoms with E-state index < -0.39 is 0 Å². The summed E-state index contributed by atoms with van der Waals surface area (Å²) in [5.41, 5.74) is 7.50. The Labute approximate surface area is 288 Å². The highest BCUT2D eigenvalue weighted by Crippen LogP contribution is 2.46. The van der Waals surface area contributed by atoms with E-state index in [4.69, 9.17) is 28.3 Å². The Morgan fingerprint density at radius 2 is 1.78 bits per heavy atom. The van der Waals surface area contributed by atoms with E-state index in [-0.39, 0.29) is 17.9 Å². The number of fused-ring (bicyclic) bond motifs is 2. The summed E-state index contributed by atoms with van der Waals surface area (Å²) in [5, 5.41) is 20.1. The number of aromatic nitrogens is 1. The Morgan fingerprint density at radius 1 is 0.940 bits per heavy atom. The molecule has 248 valence electrons. The molecule has 0 saturated carbocycles. The number of carbonyl (C=O) groups excluding carboxylic acids is 1. The van der Waals surface area contributed by atoms with Gasteiger partial charge in [-0.2, -0.15) is 10.5 Å². The number of nitriles is 2. The van der Waals surface area contributed by atoms with Crippen molar-refractivity contribution in [2.75, 3.05) is 40.1 Å². The number of rotatable bonds is 7. The molecular formula is C40H32N4O6. The third-order valence-corrected chi connectivity index (χ3v) is 9.64. The minimum atomic E-state index is -0.119. The molecule has 2 aromatic heterocycles. The summed E-state index contributed by atoms with van der Waals surface area (Å²) in [5.74, 6) is 0.977. The van der Waals surface area contributed by atoms with Crippen LogP contribution in [0.15, 0.2) is 89.3 Å². The van der Waals surface area contributed by atoms with Crippen LogP contribution in [0.1, 0.15) is 34.3 Å². The van der Waals surface area contributed by atoms with E-state index in [1.807, 2.05) is 54.7 Å². The number of amides is 1. The van der Waals surface area contributed by atoms with Crippen molar-refractivity contribution >= 4 is 17.0 Å². The monoisotopic (exact) mass is 664 g/mol. The summed E-state index contributed by atoms with van der Waals surface area (Å²) in [4.78, 5) is 20.5. The van der Waals surface area contributed by atoms with Crippen molar-refractivity contribution in [1.82, 2.24) is 9.88 Å². The standard InChI is InChI=1S/C40H32N4O6/c1-46-38-25(17-41)6-8-32(31-4-2-3-5-33(31)40(45)44-19-27-21-48-22-28(27)20-44)36(38)34-23-49-39-30(10-13-43-37(34)39)24-7-9-35(26(16-24)18-42)50-29-11-14-47-15-12-29/h2-10,13,16,19,23,28-29H,11-12,14-15,20-22H2,1H3. The highest BCUT2D eigenvalue weighted by Gasteiger charge is 2.34. The van der Waals surface area contributed by atoms with Gasteiger partial charge in [-0.25, -0.2) is 0 Å². The van der Waals surface area contributed by atoms with E-state index in [1.165, 1.54) is 7.11 Å². The first kappa shape index (κ1) is 31.3. The fraction of sp³-hybridized carbons (Fsp3) is 0.250. The molecule has 10 heteroatoms. The average molecular weight is 665 g/mol. The van der Waals surface area contributed by atoms with Crippen molar-refractivity contribution in [3.8, 4) is 57.0 Å². The van der Waals surface area contributed by atoms with Crippen LogP contribution in [0.2, 0.25) is 0 Å². The Bertz CT molecular complexity index is 2250. The van der Waals surface area contributed by atoms with E-state index in [9.17, 15) is 15.3 Å². The molecule has 3 aliphatic heterocycles. The average Bonchev–Trinajstić information content (AvgIpc) is 3.90. The van der Waals surface area contributed by atoms with Gasteiger partial charge in [0.05, 0.1) is 50.2 Å². The van der Waals surface area contributed by atoms with Crippen LogP contribution >= 0.6 is 0 Å². The van der Waals surface area contributed by atoms with Crippen LogP contribution in [-0.2, 0) is 9.47 Å². The maximum atomic E-state index is 14.0. The van der Waals surface area contributed by atoms with Crippen LogP contribution in [0, 0.1) is 28.6 Å². The molecule has 0 N–H and O–H groups in total. The molecule has 5 heterocycles. The molecule has 3 aromatic carbocycles. The lowest BCUT2D eigenvalue weighted by molar-refractivity contribution is 0.0254. The van der Waals surface area contributed by atoms with Gasteiger partial charge in [-0.05, 0) is 52.6 Å². The first-order valence-corrected chi connectivity index (χ1v) is 16.5. The fourth-order valence-corrected chi connectivity index (χ4v) is 7.12. The van der Waals surface area contributed by atoms with Gasteiger partial charge in [0, 0.05) is 54.4 Å². The summed E-state index contributed by atoms with van der Waals surface area (Å²) in [6.07, 6.45) is 6.75. The van der Waals surface area contributed by atoms with Crippen molar-refractivity contribution in [2.45, 2.75) is 18.9 Å². The number of benzene rings is 3. The molecule has 3 aliphatic rings. The second-order valence-corrected chi connectivity index (χ2v) is 12.5. The predicted octanol–water partition coefficient (Wildman–Crippen LogP) is 7.12. The lowest BCUT2D eigenvalue weighted by atomic mass is 9.89. The predicted molar refractivity (Wildman–Crippen MR) is 184 cm³/mol. The van der Waals surface area contributed by atoms with Crippen LogP contribution < -0.4 is 9.47 Å². The minimum absolute atomic E-state index is 0.00243. The van der Waals surface area contributed by atoms with E-state index in [1.54, 1.807) is 29.5 Å². The lowest BCUT2D eigenvalue weighted by Gasteiger charge is -2.23. The molecule has 2 fully saturated rings. The molecule has 2 saturated heterocycles. The fourth-order valence-electron chi connectivity index (χ4n) is 7.12. The number of nitrogens with zero attached hydrogens (tertiary/aromatic N) is 4. The lowest BCUT2D eigenvalue weighted by Crippen LogP contribution is -2.27. The van der Waals surface area contributed by atoms with Crippen LogP contribution in [0.3, 0.4) is 0 Å². The van der Waals surface area contributed by atoms with E-state index in [2.05, 4.69) is 12.1 Å². The van der Waals surface area contributed by atoms with Crippen molar-refractivity contribution in [1.29, 1.82) is 10.5 Å². The largest absolute Gasteiger partial charge is 0.495 e. The van der Waals surface area contributed by atoms with Gasteiger partial charge in [0.15, 0.2) is 5.58 Å². The molecule has 5 aromatic rings. The normalized spacial score (nSPS) is 17.2. The van der Waals surface area contributed by atoms with Crippen molar-refractivity contribution in [2.24, 2.45) is 5.92 Å². The van der Waals surface area contributed by atoms with Crippen molar-refractivity contribution in [3.05, 3.63) is 102 Å². The summed E-state index contributed by atoms with van der Waals surface area (Å²) in [6.45, 7) is 3.00. The number of hydrogen-bond donors (Lipinski definition) is 0. The van der Waals surface area contributed by atoms with Crippen LogP contribution in [0.5, 0.6) is 11.5 Å². The summed E-state index contributed by atoms with van der Waals surface area (Å²) in [6, 6.07) is 22.9. The molecule has 0 aliphatic carbocycles. The van der Waals surface area contributed by atoms with Gasteiger partial charge in [0.1, 0.15) is 41.5 Å². The Morgan fingerprint density at radius 3 is 2.58 bits per heavy atom. The molecule has 1 atom stereocenters. The van der Waals surface area contributed by atoms with Gasteiger partial charge in [0.2, 0.25) is 0 Å². The molecule has 1 amide bonds. The molecule has 1 unspecified atom stereocenters. The zero-order valence-electron chi connectivity index (χ0n) is 27.3. The summed E-state index contributed by atoms with van der Waals surface area (Å²) < 4.78 is 29.4. The molecule has 10 nitrogen and oxygen atoms in total. The maximum absolute atomic E-state index is 14.0. The molecule has 0 bridgehead atoms. The zero-order chi connectivity index (χ0) is 34.2. The van der Waals surface area contributed by atoms with Gasteiger partial charge in [-0.15, -0.1) is 0 Å². The Balaban J connectivity index is 1.23. The van der Waals surface area contributed by atoms with Gasteiger partial charge in [0.25, 0.3) is 5.91 Å².